The molecule has 1 aromatic carbocycles. The van der Waals surface area contributed by atoms with Gasteiger partial charge in [0.15, 0.2) is 0 Å². The Balaban J connectivity index is 1.82. The maximum Gasteiger partial charge on any atom is 0.233 e. The van der Waals surface area contributed by atoms with Crippen molar-refractivity contribution in [2.24, 2.45) is 11.7 Å². The minimum absolute atomic E-state index is 0.213. The normalized spacial score (nSPS) is 24.5. The quantitative estimate of drug-likeness (QED) is 0.899. The lowest BCUT2D eigenvalue weighted by molar-refractivity contribution is -0.133. The largest absolute Gasteiger partial charge is 0.342 e. The predicted molar refractivity (Wildman–Crippen MR) is 75.8 cm³/mol. The van der Waals surface area contributed by atoms with Gasteiger partial charge in [0.05, 0.1) is 5.41 Å². The number of hydrogen-bond donors (Lipinski definition) is 1. The number of hydrogen-bond acceptors (Lipinski definition) is 2. The molecule has 2 fully saturated rings. The Morgan fingerprint density at radius 2 is 2.16 bits per heavy atom. The SMILES string of the molecule is Cc1ccccc1C1(C(=O)N2CCC(CN)C2)CC1. The van der Waals surface area contributed by atoms with E-state index in [0.717, 1.165) is 32.4 Å². The third-order valence-corrected chi connectivity index (χ3v) is 4.73. The average Bonchev–Trinajstić information content (AvgIpc) is 3.09. The van der Waals surface area contributed by atoms with Crippen molar-refractivity contribution in [3.8, 4) is 0 Å². The Bertz CT molecular complexity index is 493. The van der Waals surface area contributed by atoms with Crippen LogP contribution >= 0.6 is 0 Å². The van der Waals surface area contributed by atoms with Gasteiger partial charge in [0.25, 0.3) is 0 Å². The van der Waals surface area contributed by atoms with E-state index < -0.39 is 0 Å². The van der Waals surface area contributed by atoms with E-state index in [-0.39, 0.29) is 5.41 Å². The van der Waals surface area contributed by atoms with Crippen LogP contribution in [0.4, 0.5) is 0 Å². The van der Waals surface area contributed by atoms with Crippen LogP contribution in [-0.2, 0) is 10.2 Å². The summed E-state index contributed by atoms with van der Waals surface area (Å²) in [7, 11) is 0. The van der Waals surface area contributed by atoms with Gasteiger partial charge >= 0.3 is 0 Å². The molecule has 0 radical (unpaired) electrons. The smallest absolute Gasteiger partial charge is 0.233 e. The molecular formula is C16H22N2O. The van der Waals surface area contributed by atoms with Gasteiger partial charge in [-0.05, 0) is 49.8 Å². The lowest BCUT2D eigenvalue weighted by atomic mass is 9.90. The molecule has 1 atom stereocenters. The third kappa shape index (κ3) is 2.06. The summed E-state index contributed by atoms with van der Waals surface area (Å²) in [6.07, 6.45) is 3.06. The van der Waals surface area contributed by atoms with E-state index in [1.165, 1.54) is 11.1 Å². The van der Waals surface area contributed by atoms with Gasteiger partial charge in [0, 0.05) is 13.1 Å². The standard InChI is InChI=1S/C16H22N2O/c1-12-4-2-3-5-14(12)16(7-8-16)15(19)18-9-6-13(10-17)11-18/h2-5,13H,6-11,17H2,1H3. The number of rotatable bonds is 3. The molecule has 1 heterocycles. The first-order valence-corrected chi connectivity index (χ1v) is 7.23. The molecule has 1 saturated heterocycles. The molecule has 1 saturated carbocycles. The highest BCUT2D eigenvalue weighted by Crippen LogP contribution is 2.51. The number of nitrogens with two attached hydrogens (primary N) is 1. The first kappa shape index (κ1) is 12.7. The lowest BCUT2D eigenvalue weighted by Crippen LogP contribution is -2.38. The van der Waals surface area contributed by atoms with E-state index in [1.807, 2.05) is 17.0 Å². The van der Waals surface area contributed by atoms with E-state index in [9.17, 15) is 4.79 Å². The van der Waals surface area contributed by atoms with Crippen LogP contribution in [0.3, 0.4) is 0 Å². The fourth-order valence-electron chi connectivity index (χ4n) is 3.35. The number of aryl methyl sites for hydroxylation is 1. The zero-order chi connectivity index (χ0) is 13.5. The Labute approximate surface area is 114 Å². The highest BCUT2D eigenvalue weighted by Gasteiger charge is 2.54. The average molecular weight is 258 g/mol. The van der Waals surface area contributed by atoms with Crippen LogP contribution in [0.15, 0.2) is 24.3 Å². The molecule has 3 rings (SSSR count). The predicted octanol–water partition coefficient (Wildman–Crippen LogP) is 1.83. The summed E-state index contributed by atoms with van der Waals surface area (Å²) in [6, 6.07) is 8.31. The molecular weight excluding hydrogens is 236 g/mol. The van der Waals surface area contributed by atoms with Gasteiger partial charge in [-0.15, -0.1) is 0 Å². The minimum Gasteiger partial charge on any atom is -0.342 e. The van der Waals surface area contributed by atoms with Crippen molar-refractivity contribution in [3.63, 3.8) is 0 Å². The zero-order valence-electron chi connectivity index (χ0n) is 11.6. The molecule has 1 aromatic rings. The molecule has 0 bridgehead atoms. The van der Waals surface area contributed by atoms with Crippen LogP contribution in [0.1, 0.15) is 30.4 Å². The van der Waals surface area contributed by atoms with E-state index in [4.69, 9.17) is 5.73 Å². The van der Waals surface area contributed by atoms with Gasteiger partial charge in [-0.1, -0.05) is 24.3 Å². The minimum atomic E-state index is -0.213. The van der Waals surface area contributed by atoms with Crippen LogP contribution in [-0.4, -0.2) is 30.4 Å². The highest BCUT2D eigenvalue weighted by molar-refractivity contribution is 5.92. The van der Waals surface area contributed by atoms with Crippen LogP contribution in [0, 0.1) is 12.8 Å². The fourth-order valence-corrected chi connectivity index (χ4v) is 3.35. The molecule has 3 heteroatoms. The molecule has 1 amide bonds. The van der Waals surface area contributed by atoms with Crippen molar-refractivity contribution in [1.29, 1.82) is 0 Å². The van der Waals surface area contributed by atoms with Crippen LogP contribution in [0.2, 0.25) is 0 Å². The van der Waals surface area contributed by atoms with Gasteiger partial charge in [-0.3, -0.25) is 4.79 Å². The first-order valence-electron chi connectivity index (χ1n) is 7.23. The molecule has 1 aliphatic carbocycles. The first-order chi connectivity index (χ1) is 9.17. The summed E-state index contributed by atoms with van der Waals surface area (Å²) in [5.74, 6) is 0.828. The monoisotopic (exact) mass is 258 g/mol. The topological polar surface area (TPSA) is 46.3 Å². The van der Waals surface area contributed by atoms with Crippen LogP contribution in [0.5, 0.6) is 0 Å². The molecule has 0 spiro atoms. The van der Waals surface area contributed by atoms with Crippen molar-refractivity contribution in [2.75, 3.05) is 19.6 Å². The molecule has 19 heavy (non-hydrogen) atoms. The number of benzene rings is 1. The summed E-state index contributed by atoms with van der Waals surface area (Å²) in [5.41, 5.74) is 7.98. The Hall–Kier alpha value is -1.35. The van der Waals surface area contributed by atoms with Crippen molar-refractivity contribution in [1.82, 2.24) is 4.90 Å². The number of carbonyl (C=O) groups excluding carboxylic acids is 1. The summed E-state index contributed by atoms with van der Waals surface area (Å²) in [5, 5.41) is 0. The molecule has 0 aromatic heterocycles. The number of amides is 1. The van der Waals surface area contributed by atoms with E-state index in [0.29, 0.717) is 18.4 Å². The van der Waals surface area contributed by atoms with Crippen molar-refractivity contribution in [3.05, 3.63) is 35.4 Å². The fraction of sp³-hybridized carbons (Fsp3) is 0.562. The molecule has 1 unspecified atom stereocenters. The summed E-state index contributed by atoms with van der Waals surface area (Å²) < 4.78 is 0. The molecule has 3 nitrogen and oxygen atoms in total. The second-order valence-electron chi connectivity index (χ2n) is 6.04. The zero-order valence-corrected chi connectivity index (χ0v) is 11.6. The number of carbonyl (C=O) groups is 1. The van der Waals surface area contributed by atoms with Crippen molar-refractivity contribution in [2.45, 2.75) is 31.6 Å². The Morgan fingerprint density at radius 3 is 2.74 bits per heavy atom. The Kier molecular flexibility index (Phi) is 3.09. The van der Waals surface area contributed by atoms with Gasteiger partial charge in [0.2, 0.25) is 5.91 Å². The van der Waals surface area contributed by atoms with Gasteiger partial charge < -0.3 is 10.6 Å². The maximum absolute atomic E-state index is 12.8. The molecule has 2 N–H and O–H groups in total. The second-order valence-corrected chi connectivity index (χ2v) is 6.04. The lowest BCUT2D eigenvalue weighted by Gasteiger charge is -2.24. The Morgan fingerprint density at radius 1 is 1.42 bits per heavy atom. The second kappa shape index (κ2) is 4.64. The number of likely N-dealkylation sites (tertiary alicyclic amines) is 1. The van der Waals surface area contributed by atoms with Gasteiger partial charge in [-0.25, -0.2) is 0 Å². The molecule has 1 aliphatic heterocycles. The molecule has 102 valence electrons. The van der Waals surface area contributed by atoms with E-state index in [2.05, 4.69) is 19.1 Å². The third-order valence-electron chi connectivity index (χ3n) is 4.73. The highest BCUT2D eigenvalue weighted by atomic mass is 16.2. The van der Waals surface area contributed by atoms with Crippen molar-refractivity contribution < 1.29 is 4.79 Å². The molecule has 2 aliphatic rings. The maximum atomic E-state index is 12.8. The summed E-state index contributed by atoms with van der Waals surface area (Å²) in [4.78, 5) is 14.9. The van der Waals surface area contributed by atoms with Gasteiger partial charge in [0.1, 0.15) is 0 Å². The van der Waals surface area contributed by atoms with E-state index in [1.54, 1.807) is 0 Å². The van der Waals surface area contributed by atoms with Crippen LogP contribution < -0.4 is 5.73 Å². The van der Waals surface area contributed by atoms with Gasteiger partial charge in [-0.2, -0.15) is 0 Å². The van der Waals surface area contributed by atoms with Crippen LogP contribution in [0.25, 0.3) is 0 Å². The number of nitrogens with zero attached hydrogens (tertiary/aromatic N) is 1. The summed E-state index contributed by atoms with van der Waals surface area (Å²) >= 11 is 0. The van der Waals surface area contributed by atoms with E-state index >= 15 is 0 Å². The summed E-state index contributed by atoms with van der Waals surface area (Å²) in [6.45, 7) is 4.54. The van der Waals surface area contributed by atoms with Crippen molar-refractivity contribution >= 4 is 5.91 Å².